The van der Waals surface area contributed by atoms with Crippen LogP contribution >= 0.6 is 15.9 Å². The fourth-order valence-electron chi connectivity index (χ4n) is 1.57. The highest BCUT2D eigenvalue weighted by Crippen LogP contribution is 2.22. The van der Waals surface area contributed by atoms with Gasteiger partial charge in [-0.1, -0.05) is 15.9 Å². The molecule has 0 amide bonds. The van der Waals surface area contributed by atoms with Gasteiger partial charge in [-0.05, 0) is 38.1 Å². The number of imidazole rings is 1. The van der Waals surface area contributed by atoms with Crippen molar-refractivity contribution in [3.8, 4) is 5.69 Å². The third kappa shape index (κ3) is 2.18. The number of halogens is 1. The minimum atomic E-state index is -0.948. The number of nitrogens with zero attached hydrogens (tertiary/aromatic N) is 2. The highest BCUT2D eigenvalue weighted by Gasteiger charge is 2.22. The molecule has 1 heterocycles. The van der Waals surface area contributed by atoms with E-state index in [9.17, 15) is 5.11 Å². The zero-order valence-corrected chi connectivity index (χ0v) is 10.8. The molecule has 0 saturated carbocycles. The minimum Gasteiger partial charge on any atom is -0.382 e. The van der Waals surface area contributed by atoms with Crippen molar-refractivity contribution >= 4 is 15.9 Å². The van der Waals surface area contributed by atoms with E-state index >= 15 is 0 Å². The quantitative estimate of drug-likeness (QED) is 0.919. The number of aromatic nitrogens is 2. The summed E-state index contributed by atoms with van der Waals surface area (Å²) in [5, 5.41) is 9.98. The Balaban J connectivity index is 2.49. The Labute approximate surface area is 103 Å². The summed E-state index contributed by atoms with van der Waals surface area (Å²) in [4.78, 5) is 4.19. The minimum absolute atomic E-state index is 0.634. The van der Waals surface area contributed by atoms with Gasteiger partial charge < -0.3 is 9.67 Å². The molecule has 0 aliphatic rings. The molecule has 2 rings (SSSR count). The predicted molar refractivity (Wildman–Crippen MR) is 66.5 cm³/mol. The topological polar surface area (TPSA) is 38.1 Å². The number of aliphatic hydroxyl groups is 1. The van der Waals surface area contributed by atoms with Crippen LogP contribution in [0.5, 0.6) is 0 Å². The van der Waals surface area contributed by atoms with Crippen molar-refractivity contribution in [1.29, 1.82) is 0 Å². The SMILES string of the molecule is CC(C)(O)c1nccn1-c1ccc(Br)cc1. The van der Waals surface area contributed by atoms with Crippen molar-refractivity contribution in [2.24, 2.45) is 0 Å². The zero-order chi connectivity index (χ0) is 11.8. The Hall–Kier alpha value is -1.13. The first-order valence-electron chi connectivity index (χ1n) is 5.00. The Bertz CT molecular complexity index is 482. The van der Waals surface area contributed by atoms with Crippen molar-refractivity contribution < 1.29 is 5.11 Å². The van der Waals surface area contributed by atoms with Gasteiger partial charge in [-0.25, -0.2) is 4.98 Å². The first-order chi connectivity index (χ1) is 7.48. The van der Waals surface area contributed by atoms with Gasteiger partial charge in [0.25, 0.3) is 0 Å². The molecule has 1 aromatic carbocycles. The van der Waals surface area contributed by atoms with E-state index in [1.807, 2.05) is 35.0 Å². The highest BCUT2D eigenvalue weighted by molar-refractivity contribution is 9.10. The highest BCUT2D eigenvalue weighted by atomic mass is 79.9. The van der Waals surface area contributed by atoms with Gasteiger partial charge in [0.05, 0.1) is 0 Å². The Kier molecular flexibility index (Phi) is 2.86. The molecule has 3 nitrogen and oxygen atoms in total. The molecule has 2 aromatic rings. The van der Waals surface area contributed by atoms with Gasteiger partial charge >= 0.3 is 0 Å². The van der Waals surface area contributed by atoms with Gasteiger partial charge in [0.15, 0.2) is 0 Å². The van der Waals surface area contributed by atoms with Crippen LogP contribution in [0.15, 0.2) is 41.1 Å². The number of hydrogen-bond donors (Lipinski definition) is 1. The van der Waals surface area contributed by atoms with E-state index in [2.05, 4.69) is 20.9 Å². The second kappa shape index (κ2) is 4.03. The maximum Gasteiger partial charge on any atom is 0.144 e. The van der Waals surface area contributed by atoms with Crippen LogP contribution in [0.2, 0.25) is 0 Å². The molecular formula is C12H13BrN2O. The summed E-state index contributed by atoms with van der Waals surface area (Å²) in [6.45, 7) is 3.45. The maximum atomic E-state index is 9.98. The smallest absolute Gasteiger partial charge is 0.144 e. The summed E-state index contributed by atoms with van der Waals surface area (Å²) < 4.78 is 2.91. The summed E-state index contributed by atoms with van der Waals surface area (Å²) in [5.41, 5.74) is 0.0363. The average Bonchev–Trinajstić information content (AvgIpc) is 2.66. The van der Waals surface area contributed by atoms with E-state index in [1.54, 1.807) is 20.0 Å². The zero-order valence-electron chi connectivity index (χ0n) is 9.18. The molecule has 0 fully saturated rings. The van der Waals surface area contributed by atoms with Crippen LogP contribution in [-0.4, -0.2) is 14.7 Å². The van der Waals surface area contributed by atoms with E-state index < -0.39 is 5.60 Å². The summed E-state index contributed by atoms with van der Waals surface area (Å²) in [5.74, 6) is 0.634. The fourth-order valence-corrected chi connectivity index (χ4v) is 1.83. The normalized spacial score (nSPS) is 11.8. The van der Waals surface area contributed by atoms with Crippen molar-refractivity contribution in [2.75, 3.05) is 0 Å². The van der Waals surface area contributed by atoms with Crippen LogP contribution in [0.1, 0.15) is 19.7 Å². The Morgan fingerprint density at radius 1 is 1.25 bits per heavy atom. The van der Waals surface area contributed by atoms with Crippen molar-refractivity contribution in [1.82, 2.24) is 9.55 Å². The van der Waals surface area contributed by atoms with Crippen LogP contribution in [0.25, 0.3) is 5.69 Å². The molecular weight excluding hydrogens is 268 g/mol. The lowest BCUT2D eigenvalue weighted by molar-refractivity contribution is 0.0672. The Morgan fingerprint density at radius 2 is 1.88 bits per heavy atom. The average molecular weight is 281 g/mol. The predicted octanol–water partition coefficient (Wildman–Crippen LogP) is 2.86. The van der Waals surface area contributed by atoms with Crippen LogP contribution in [-0.2, 0) is 5.60 Å². The molecule has 1 N–H and O–H groups in total. The van der Waals surface area contributed by atoms with Crippen LogP contribution in [0.3, 0.4) is 0 Å². The summed E-state index contributed by atoms with van der Waals surface area (Å²) in [6, 6.07) is 7.87. The monoisotopic (exact) mass is 280 g/mol. The molecule has 0 saturated heterocycles. The van der Waals surface area contributed by atoms with Gasteiger partial charge in [0.1, 0.15) is 11.4 Å². The lowest BCUT2D eigenvalue weighted by atomic mass is 10.1. The molecule has 16 heavy (non-hydrogen) atoms. The molecule has 0 atom stereocenters. The molecule has 84 valence electrons. The van der Waals surface area contributed by atoms with Crippen molar-refractivity contribution in [2.45, 2.75) is 19.4 Å². The molecule has 0 aliphatic heterocycles. The van der Waals surface area contributed by atoms with Gasteiger partial charge in [-0.15, -0.1) is 0 Å². The van der Waals surface area contributed by atoms with Gasteiger partial charge in [0, 0.05) is 22.6 Å². The summed E-state index contributed by atoms with van der Waals surface area (Å²) >= 11 is 3.39. The van der Waals surface area contributed by atoms with Gasteiger partial charge in [-0.3, -0.25) is 0 Å². The second-order valence-corrected chi connectivity index (χ2v) is 5.07. The lowest BCUT2D eigenvalue weighted by Gasteiger charge is -2.18. The molecule has 1 aromatic heterocycles. The van der Waals surface area contributed by atoms with Gasteiger partial charge in [-0.2, -0.15) is 0 Å². The van der Waals surface area contributed by atoms with E-state index in [0.29, 0.717) is 5.82 Å². The molecule has 0 spiro atoms. The van der Waals surface area contributed by atoms with Crippen LogP contribution in [0, 0.1) is 0 Å². The third-order valence-corrected chi connectivity index (χ3v) is 2.82. The molecule has 0 aliphatic carbocycles. The fraction of sp³-hybridized carbons (Fsp3) is 0.250. The van der Waals surface area contributed by atoms with E-state index in [-0.39, 0.29) is 0 Å². The van der Waals surface area contributed by atoms with Gasteiger partial charge in [0.2, 0.25) is 0 Å². The number of rotatable bonds is 2. The number of benzene rings is 1. The summed E-state index contributed by atoms with van der Waals surface area (Å²) in [6.07, 6.45) is 3.53. The van der Waals surface area contributed by atoms with E-state index in [1.165, 1.54) is 0 Å². The molecule has 0 unspecified atom stereocenters. The number of hydrogen-bond acceptors (Lipinski definition) is 2. The van der Waals surface area contributed by atoms with Crippen LogP contribution in [0.4, 0.5) is 0 Å². The van der Waals surface area contributed by atoms with E-state index in [4.69, 9.17) is 0 Å². The van der Waals surface area contributed by atoms with Crippen LogP contribution < -0.4 is 0 Å². The Morgan fingerprint density at radius 3 is 2.44 bits per heavy atom. The van der Waals surface area contributed by atoms with Crippen molar-refractivity contribution in [3.63, 3.8) is 0 Å². The lowest BCUT2D eigenvalue weighted by Crippen LogP contribution is -2.21. The first kappa shape index (κ1) is 11.4. The summed E-state index contributed by atoms with van der Waals surface area (Å²) in [7, 11) is 0. The first-order valence-corrected chi connectivity index (χ1v) is 5.80. The van der Waals surface area contributed by atoms with E-state index in [0.717, 1.165) is 10.2 Å². The molecule has 4 heteroatoms. The second-order valence-electron chi connectivity index (χ2n) is 4.16. The van der Waals surface area contributed by atoms with Crippen molar-refractivity contribution in [3.05, 3.63) is 47.0 Å². The molecule has 0 radical (unpaired) electrons. The third-order valence-electron chi connectivity index (χ3n) is 2.29. The largest absolute Gasteiger partial charge is 0.382 e. The maximum absolute atomic E-state index is 9.98. The standard InChI is InChI=1S/C12H13BrN2O/c1-12(2,16)11-14-7-8-15(11)10-5-3-9(13)4-6-10/h3-8,16H,1-2H3. The molecule has 0 bridgehead atoms.